The Labute approximate surface area is 724 Å². The Bertz CT molecular complexity index is 2550. The first-order chi connectivity index (χ1) is 58.1. The molecule has 0 bridgehead atoms. The summed E-state index contributed by atoms with van der Waals surface area (Å²) in [4.78, 5) is 66.6. The van der Waals surface area contributed by atoms with Gasteiger partial charge in [-0.25, -0.2) is 4.57 Å². The third-order valence-electron chi connectivity index (χ3n) is 24.2. The van der Waals surface area contributed by atoms with Crippen LogP contribution < -0.4 is 0 Å². The zero-order valence-electron chi connectivity index (χ0n) is 75.6. The number of allylic oxidation sites excluding steroid dienone is 2. The Morgan fingerprint density at radius 3 is 1.08 bits per heavy atom. The smallest absolute Gasteiger partial charge is 0.463 e. The number of ether oxygens (including phenoxy) is 8. The van der Waals surface area contributed by atoms with Crippen molar-refractivity contribution >= 4 is 31.7 Å². The second-order valence-electron chi connectivity index (χ2n) is 35.2. The Kier molecular flexibility index (Phi) is 67.0. The normalized spacial score (nSPS) is 25.0. The highest BCUT2D eigenvalue weighted by atomic mass is 31.2. The molecule has 0 amide bonds. The minimum atomic E-state index is -5.81. The summed E-state index contributed by atoms with van der Waals surface area (Å²) >= 11 is 0. The van der Waals surface area contributed by atoms with Crippen LogP contribution in [0.1, 0.15) is 426 Å². The molecule has 19 atom stereocenters. The highest BCUT2D eigenvalue weighted by Gasteiger charge is 2.60. The topological polar surface area (TPSA) is 380 Å². The Balaban J connectivity index is 1.91. The van der Waals surface area contributed by atoms with Gasteiger partial charge in [0.25, 0.3) is 0 Å². The molecule has 0 spiro atoms. The fraction of sp³-hybridized carbons (Fsp3) is 0.936. The summed E-state index contributed by atoms with van der Waals surface area (Å²) < 4.78 is 73.6. The zero-order chi connectivity index (χ0) is 87.6. The zero-order valence-corrected chi connectivity index (χ0v) is 76.4. The highest BCUT2D eigenvalue weighted by Crippen LogP contribution is 2.49. The van der Waals surface area contributed by atoms with Crippen LogP contribution in [0.15, 0.2) is 12.2 Å². The van der Waals surface area contributed by atoms with E-state index in [-0.39, 0.29) is 25.7 Å². The predicted molar refractivity (Wildman–Crippen MR) is 467 cm³/mol. The third kappa shape index (κ3) is 51.9. The van der Waals surface area contributed by atoms with Crippen LogP contribution in [0, 0.1) is 5.92 Å². The number of phosphoric ester groups is 1. The summed E-state index contributed by atoms with van der Waals surface area (Å²) in [5.74, 6) is -2.26. The first-order valence-electron chi connectivity index (χ1n) is 48.8. The van der Waals surface area contributed by atoms with E-state index < -0.39 is 162 Å². The predicted octanol–water partition coefficient (Wildman–Crippen LogP) is 18.6. The molecule has 3 aliphatic rings. The summed E-state index contributed by atoms with van der Waals surface area (Å²) in [5.41, 5.74) is 0. The molecule has 0 aromatic rings. The average Bonchev–Trinajstić information content (AvgIpc) is 0.753. The molecule has 2 aliphatic heterocycles. The first kappa shape index (κ1) is 111. The van der Waals surface area contributed by atoms with E-state index in [0.717, 1.165) is 141 Å². The van der Waals surface area contributed by atoms with Crippen LogP contribution in [0.5, 0.6) is 0 Å². The van der Waals surface area contributed by atoms with Crippen LogP contribution in [0.2, 0.25) is 0 Å². The van der Waals surface area contributed by atoms with E-state index in [0.29, 0.717) is 38.0 Å². The molecule has 3 rings (SSSR count). The van der Waals surface area contributed by atoms with Gasteiger partial charge < -0.3 is 88.7 Å². The van der Waals surface area contributed by atoms with Crippen molar-refractivity contribution in [3.05, 3.63) is 12.2 Å². The van der Waals surface area contributed by atoms with E-state index in [9.17, 15) is 74.6 Å². The number of hydrogen-bond donors (Lipinski definition) is 10. The van der Waals surface area contributed by atoms with E-state index >= 15 is 0 Å². The lowest BCUT2D eigenvalue weighted by atomic mass is 9.84. The quantitative estimate of drug-likeness (QED) is 0.00889. The number of rotatable bonds is 79. The van der Waals surface area contributed by atoms with Crippen molar-refractivity contribution in [2.75, 3.05) is 26.4 Å². The Morgan fingerprint density at radius 1 is 0.350 bits per heavy atom. The SMILES string of the molecule is CCCCCC/C=C\CCCCCCCCCC(=O)OC1C(O)C(O)C(OC2OC(CO)C(O)C(O)C2O)C(OP(=O)(O)OCC(COC(=O)CCCCCCCCC(C)CCCCCCCC)OC(=O)CCCCCCCCCCCCCCCCC)C1OC1OC(COC(=O)CCCCCCCCCCCCCCCCC)C(O)C(O)C1O. The van der Waals surface area contributed by atoms with Crippen molar-refractivity contribution in [3.63, 3.8) is 0 Å². The number of hydrogen-bond acceptors (Lipinski definition) is 24. The molecule has 1 aliphatic carbocycles. The number of esters is 4. The van der Waals surface area contributed by atoms with Crippen LogP contribution in [0.3, 0.4) is 0 Å². The summed E-state index contributed by atoms with van der Waals surface area (Å²) in [6.45, 7) is 7.96. The molecule has 0 aromatic carbocycles. The third-order valence-corrected chi connectivity index (χ3v) is 25.2. The molecule has 120 heavy (non-hydrogen) atoms. The van der Waals surface area contributed by atoms with Gasteiger partial charge in [0.1, 0.15) is 92.6 Å². The number of aliphatic hydroxyl groups is 9. The van der Waals surface area contributed by atoms with Crippen molar-refractivity contribution in [3.8, 4) is 0 Å². The molecule has 0 radical (unpaired) electrons. The largest absolute Gasteiger partial charge is 0.472 e. The van der Waals surface area contributed by atoms with Crippen LogP contribution in [-0.4, -0.2) is 205 Å². The lowest BCUT2D eigenvalue weighted by molar-refractivity contribution is -0.360. The fourth-order valence-corrected chi connectivity index (χ4v) is 17.3. The fourth-order valence-electron chi connectivity index (χ4n) is 16.3. The van der Waals surface area contributed by atoms with Crippen LogP contribution >= 0.6 is 7.82 Å². The molecule has 2 heterocycles. The molecule has 19 unspecified atom stereocenters. The molecule has 0 aromatic heterocycles. The number of phosphoric acid groups is 1. The molecular weight excluding hydrogens is 1560 g/mol. The minimum absolute atomic E-state index is 0.0180. The van der Waals surface area contributed by atoms with Gasteiger partial charge in [-0.05, 0) is 57.3 Å². The van der Waals surface area contributed by atoms with Crippen LogP contribution in [0.25, 0.3) is 0 Å². The molecule has 2 saturated heterocycles. The summed E-state index contributed by atoms with van der Waals surface area (Å²) in [6, 6.07) is 0. The number of aliphatic hydroxyl groups excluding tert-OH is 9. The molecule has 26 heteroatoms. The van der Waals surface area contributed by atoms with Crippen molar-refractivity contribution < 1.29 is 122 Å². The van der Waals surface area contributed by atoms with Gasteiger partial charge in [-0.15, -0.1) is 0 Å². The number of carbonyl (C=O) groups is 4. The van der Waals surface area contributed by atoms with Crippen LogP contribution in [-0.2, 0) is 70.7 Å². The van der Waals surface area contributed by atoms with Crippen molar-refractivity contribution in [2.24, 2.45) is 5.92 Å². The highest BCUT2D eigenvalue weighted by molar-refractivity contribution is 7.47. The standard InChI is InChI=1S/C94H175O25P/c1-6-10-14-18-22-25-28-31-34-37-40-43-46-53-60-66-78(97)111-72-76-82(101)84(103)88(107)94(115-76)118-91-89(116-80(99)68-62-56-48-45-42-39-36-33-30-27-24-20-16-12-8-3)85(104)86(105)90(117-93-87(106)83(102)81(100)75(69-95)114-93)92(91)119-120(108,109)112-71-74(113-79(98)67-61-55-47-44-41-38-35-32-29-26-23-19-15-11-7-2)70-110-77(96)65-59-54-50-49-52-58-64-73(5)63-57-51-21-17-13-9-4/h27,30,73-76,81-95,100-107H,6-26,28-29,31-72H2,1-5H3,(H,108,109)/b30-27-. The minimum Gasteiger partial charge on any atom is -0.463 e. The second-order valence-corrected chi connectivity index (χ2v) is 36.6. The molecular formula is C94H175O25P. The second kappa shape index (κ2) is 72.2. The van der Waals surface area contributed by atoms with Crippen molar-refractivity contribution in [1.29, 1.82) is 0 Å². The van der Waals surface area contributed by atoms with Gasteiger partial charge in [-0.2, -0.15) is 0 Å². The van der Waals surface area contributed by atoms with Crippen LogP contribution in [0.4, 0.5) is 0 Å². The number of unbranched alkanes of at least 4 members (excludes halogenated alkanes) is 49. The molecule has 706 valence electrons. The first-order valence-corrected chi connectivity index (χ1v) is 50.3. The van der Waals surface area contributed by atoms with E-state index in [2.05, 4.69) is 46.8 Å². The van der Waals surface area contributed by atoms with Gasteiger partial charge in [0, 0.05) is 25.7 Å². The molecule has 25 nitrogen and oxygen atoms in total. The maximum Gasteiger partial charge on any atom is 0.472 e. The lowest BCUT2D eigenvalue weighted by Crippen LogP contribution is -2.70. The van der Waals surface area contributed by atoms with Gasteiger partial charge in [0.2, 0.25) is 0 Å². The van der Waals surface area contributed by atoms with Gasteiger partial charge >= 0.3 is 31.7 Å². The maximum absolute atomic E-state index is 14.9. The van der Waals surface area contributed by atoms with E-state index in [1.807, 2.05) is 0 Å². The number of carbonyl (C=O) groups excluding carboxylic acids is 4. The average molecular weight is 1740 g/mol. The van der Waals surface area contributed by atoms with Crippen molar-refractivity contribution in [1.82, 2.24) is 0 Å². The summed E-state index contributed by atoms with van der Waals surface area (Å²) in [7, 11) is -5.81. The van der Waals surface area contributed by atoms with Gasteiger partial charge in [0.05, 0.1) is 13.2 Å². The van der Waals surface area contributed by atoms with Gasteiger partial charge in [-0.3, -0.25) is 28.2 Å². The maximum atomic E-state index is 14.9. The van der Waals surface area contributed by atoms with E-state index in [1.165, 1.54) is 193 Å². The van der Waals surface area contributed by atoms with Gasteiger partial charge in [-0.1, -0.05) is 361 Å². The lowest BCUT2D eigenvalue weighted by Gasteiger charge is -2.50. The summed E-state index contributed by atoms with van der Waals surface area (Å²) in [5, 5.41) is 102. The Morgan fingerprint density at radius 2 is 0.675 bits per heavy atom. The monoisotopic (exact) mass is 1740 g/mol. The Hall–Kier alpha value is -2.79. The summed E-state index contributed by atoms with van der Waals surface area (Å²) in [6.07, 6.45) is 30.4. The van der Waals surface area contributed by atoms with E-state index in [4.69, 9.17) is 46.9 Å². The van der Waals surface area contributed by atoms with Gasteiger partial charge in [0.15, 0.2) is 24.8 Å². The van der Waals surface area contributed by atoms with Crippen molar-refractivity contribution in [2.45, 2.75) is 530 Å². The molecule has 3 fully saturated rings. The van der Waals surface area contributed by atoms with E-state index in [1.54, 1.807) is 0 Å². The molecule has 1 saturated carbocycles. The molecule has 10 N–H and O–H groups in total.